The van der Waals surface area contributed by atoms with E-state index in [0.29, 0.717) is 0 Å². The summed E-state index contributed by atoms with van der Waals surface area (Å²) in [5.74, 6) is 0. The second kappa shape index (κ2) is 8.68. The summed E-state index contributed by atoms with van der Waals surface area (Å²) in [4.78, 5) is 4.74. The summed E-state index contributed by atoms with van der Waals surface area (Å²) in [6.07, 6.45) is 1.88. The van der Waals surface area contributed by atoms with Crippen LogP contribution in [0.25, 0.3) is 71.4 Å². The van der Waals surface area contributed by atoms with Crippen LogP contribution < -0.4 is 0 Å². The van der Waals surface area contributed by atoms with Crippen LogP contribution in [-0.4, -0.2) is 9.55 Å². The Morgan fingerprint density at radius 2 is 0.949 bits per heavy atom. The molecule has 8 rings (SSSR count). The van der Waals surface area contributed by atoms with Gasteiger partial charge in [-0.3, -0.25) is 4.98 Å². The van der Waals surface area contributed by atoms with Crippen LogP contribution in [0.15, 0.2) is 146 Å². The van der Waals surface area contributed by atoms with Crippen LogP contribution in [0.3, 0.4) is 0 Å². The zero-order valence-corrected chi connectivity index (χ0v) is 21.3. The Kier molecular flexibility index (Phi) is 4.86. The molecule has 2 nitrogen and oxygen atoms in total. The molecule has 6 aromatic carbocycles. The van der Waals surface area contributed by atoms with Gasteiger partial charge in [-0.1, -0.05) is 109 Å². The van der Waals surface area contributed by atoms with E-state index in [1.807, 2.05) is 12.3 Å². The molecule has 182 valence electrons. The van der Waals surface area contributed by atoms with Crippen LogP contribution in [0.4, 0.5) is 0 Å². The standard InChI is InChI=1S/C37H24N2/c1-2-12-25(13-3-1)35-28-16-4-6-18-30(28)36(31-19-7-5-17-29(31)35)26-14-10-15-27(24-26)39-33-21-9-8-20-32(33)37-34(39)22-11-23-38-37/h1-24H. The van der Waals surface area contributed by atoms with Crippen molar-refractivity contribution < 1.29 is 0 Å². The van der Waals surface area contributed by atoms with Crippen molar-refractivity contribution in [3.05, 3.63) is 146 Å². The topological polar surface area (TPSA) is 17.8 Å². The van der Waals surface area contributed by atoms with Crippen molar-refractivity contribution in [2.45, 2.75) is 0 Å². The van der Waals surface area contributed by atoms with Gasteiger partial charge in [0.05, 0.1) is 16.6 Å². The van der Waals surface area contributed by atoms with Crippen LogP contribution >= 0.6 is 0 Å². The van der Waals surface area contributed by atoms with Crippen molar-refractivity contribution in [2.75, 3.05) is 0 Å². The highest BCUT2D eigenvalue weighted by Gasteiger charge is 2.18. The maximum Gasteiger partial charge on any atom is 0.0963 e. The number of rotatable bonds is 3. The highest BCUT2D eigenvalue weighted by atomic mass is 15.0. The highest BCUT2D eigenvalue weighted by Crippen LogP contribution is 2.44. The molecule has 0 saturated heterocycles. The number of pyridine rings is 1. The van der Waals surface area contributed by atoms with Gasteiger partial charge in [0.1, 0.15) is 0 Å². The highest BCUT2D eigenvalue weighted by molar-refractivity contribution is 6.21. The second-order valence-electron chi connectivity index (χ2n) is 9.98. The number of nitrogens with zero attached hydrogens (tertiary/aromatic N) is 2. The minimum atomic E-state index is 1.03. The van der Waals surface area contributed by atoms with Crippen molar-refractivity contribution in [2.24, 2.45) is 0 Å². The number of fused-ring (bicyclic) bond motifs is 5. The van der Waals surface area contributed by atoms with Crippen molar-refractivity contribution in [3.63, 3.8) is 0 Å². The third-order valence-electron chi connectivity index (χ3n) is 7.81. The van der Waals surface area contributed by atoms with Gasteiger partial charge < -0.3 is 4.57 Å². The summed E-state index contributed by atoms with van der Waals surface area (Å²) >= 11 is 0. The monoisotopic (exact) mass is 496 g/mol. The Labute approximate surface area is 226 Å². The molecule has 0 aliphatic rings. The molecule has 0 unspecified atom stereocenters. The Hall–Kier alpha value is -5.21. The summed E-state index contributed by atoms with van der Waals surface area (Å²) in [6.45, 7) is 0. The molecular weight excluding hydrogens is 472 g/mol. The largest absolute Gasteiger partial charge is 0.308 e. The fourth-order valence-electron chi connectivity index (χ4n) is 6.22. The lowest BCUT2D eigenvalue weighted by Crippen LogP contribution is -1.95. The van der Waals surface area contributed by atoms with Crippen LogP contribution in [0.2, 0.25) is 0 Å². The molecule has 0 aliphatic heterocycles. The maximum atomic E-state index is 4.74. The number of aromatic nitrogens is 2. The average molecular weight is 497 g/mol. The van der Waals surface area contributed by atoms with Gasteiger partial charge in [0, 0.05) is 17.3 Å². The number of hydrogen-bond donors (Lipinski definition) is 0. The second-order valence-corrected chi connectivity index (χ2v) is 9.98. The Bertz CT molecular complexity index is 2060. The Balaban J connectivity index is 1.45. The summed E-state index contributed by atoms with van der Waals surface area (Å²) < 4.78 is 2.34. The molecule has 0 aliphatic carbocycles. The van der Waals surface area contributed by atoms with Crippen LogP contribution in [-0.2, 0) is 0 Å². The summed E-state index contributed by atoms with van der Waals surface area (Å²) in [7, 11) is 0. The van der Waals surface area contributed by atoms with E-state index in [9.17, 15) is 0 Å². The lowest BCUT2D eigenvalue weighted by atomic mass is 9.86. The molecule has 2 aromatic heterocycles. The third-order valence-corrected chi connectivity index (χ3v) is 7.81. The van der Waals surface area contributed by atoms with E-state index in [1.165, 1.54) is 49.2 Å². The molecule has 2 heteroatoms. The van der Waals surface area contributed by atoms with E-state index in [0.717, 1.165) is 22.2 Å². The lowest BCUT2D eigenvalue weighted by Gasteiger charge is -2.18. The first kappa shape index (κ1) is 21.8. The normalized spacial score (nSPS) is 11.6. The van der Waals surface area contributed by atoms with Crippen molar-refractivity contribution >= 4 is 43.5 Å². The first-order chi connectivity index (χ1) is 19.4. The molecule has 0 atom stereocenters. The van der Waals surface area contributed by atoms with E-state index in [2.05, 4.69) is 138 Å². The number of hydrogen-bond acceptors (Lipinski definition) is 1. The fraction of sp³-hybridized carbons (Fsp3) is 0. The zero-order chi connectivity index (χ0) is 25.8. The molecule has 0 spiro atoms. The van der Waals surface area contributed by atoms with Crippen molar-refractivity contribution in [1.29, 1.82) is 0 Å². The third kappa shape index (κ3) is 3.32. The van der Waals surface area contributed by atoms with Gasteiger partial charge in [0.25, 0.3) is 0 Å². The summed E-state index contributed by atoms with van der Waals surface area (Å²) in [6, 6.07) is 50.1. The molecule has 39 heavy (non-hydrogen) atoms. The maximum absolute atomic E-state index is 4.74. The molecule has 0 N–H and O–H groups in total. The van der Waals surface area contributed by atoms with Gasteiger partial charge in [-0.2, -0.15) is 0 Å². The van der Waals surface area contributed by atoms with Gasteiger partial charge >= 0.3 is 0 Å². The predicted octanol–water partition coefficient (Wildman–Crippen LogP) is 9.82. The lowest BCUT2D eigenvalue weighted by molar-refractivity contribution is 1.18. The quantitative estimate of drug-likeness (QED) is 0.223. The SMILES string of the molecule is c1ccc(-c2c3ccccc3c(-c3cccc(-n4c5ccccc5c5ncccc54)c3)c3ccccc23)cc1. The van der Waals surface area contributed by atoms with Gasteiger partial charge in [-0.25, -0.2) is 0 Å². The first-order valence-electron chi connectivity index (χ1n) is 13.3. The van der Waals surface area contributed by atoms with E-state index < -0.39 is 0 Å². The minimum Gasteiger partial charge on any atom is -0.308 e. The molecule has 2 heterocycles. The molecule has 0 saturated carbocycles. The van der Waals surface area contributed by atoms with Gasteiger partial charge in [-0.15, -0.1) is 0 Å². The summed E-state index contributed by atoms with van der Waals surface area (Å²) in [5, 5.41) is 6.22. The van der Waals surface area contributed by atoms with Gasteiger partial charge in [0.2, 0.25) is 0 Å². The van der Waals surface area contributed by atoms with Gasteiger partial charge in [-0.05, 0) is 74.1 Å². The smallest absolute Gasteiger partial charge is 0.0963 e. The van der Waals surface area contributed by atoms with Crippen molar-refractivity contribution in [1.82, 2.24) is 9.55 Å². The van der Waals surface area contributed by atoms with E-state index in [1.54, 1.807) is 0 Å². The Morgan fingerprint density at radius 1 is 0.410 bits per heavy atom. The van der Waals surface area contributed by atoms with Crippen LogP contribution in [0.1, 0.15) is 0 Å². The molecule has 0 bridgehead atoms. The van der Waals surface area contributed by atoms with Crippen molar-refractivity contribution in [3.8, 4) is 27.9 Å². The number of benzene rings is 6. The minimum absolute atomic E-state index is 1.03. The first-order valence-corrected chi connectivity index (χ1v) is 13.3. The Morgan fingerprint density at radius 3 is 1.64 bits per heavy atom. The summed E-state index contributed by atoms with van der Waals surface area (Å²) in [5.41, 5.74) is 9.44. The van der Waals surface area contributed by atoms with E-state index in [-0.39, 0.29) is 0 Å². The molecule has 0 amide bonds. The van der Waals surface area contributed by atoms with E-state index in [4.69, 9.17) is 4.98 Å². The van der Waals surface area contributed by atoms with E-state index >= 15 is 0 Å². The molecule has 0 fully saturated rings. The van der Waals surface area contributed by atoms with Crippen LogP contribution in [0, 0.1) is 0 Å². The predicted molar refractivity (Wildman–Crippen MR) is 164 cm³/mol. The molecule has 0 radical (unpaired) electrons. The zero-order valence-electron chi connectivity index (χ0n) is 21.3. The fourth-order valence-corrected chi connectivity index (χ4v) is 6.22. The van der Waals surface area contributed by atoms with Crippen LogP contribution in [0.5, 0.6) is 0 Å². The number of para-hydroxylation sites is 1. The average Bonchev–Trinajstić information content (AvgIpc) is 3.35. The molecule has 8 aromatic rings. The molecular formula is C37H24N2. The van der Waals surface area contributed by atoms with Gasteiger partial charge in [0.15, 0.2) is 0 Å².